The fourth-order valence-electron chi connectivity index (χ4n) is 3.34. The van der Waals surface area contributed by atoms with Gasteiger partial charge in [0.1, 0.15) is 22.3 Å². The van der Waals surface area contributed by atoms with Gasteiger partial charge < -0.3 is 24.9 Å². The Kier molecular flexibility index (Phi) is 8.21. The third-order valence-electron chi connectivity index (χ3n) is 4.90. The maximum Gasteiger partial charge on any atom is 0.411 e. The molecule has 11 heteroatoms. The molecule has 0 bridgehead atoms. The summed E-state index contributed by atoms with van der Waals surface area (Å²) in [5.41, 5.74) is 1.71. The summed E-state index contributed by atoms with van der Waals surface area (Å²) in [5, 5.41) is 14.9. The number of carbonyl (C=O) groups is 3. The molecule has 3 rings (SSSR count). The highest BCUT2D eigenvalue weighted by atomic mass is 35.5. The summed E-state index contributed by atoms with van der Waals surface area (Å²) < 4.78 is 9.98. The van der Waals surface area contributed by atoms with Crippen LogP contribution in [0.1, 0.15) is 48.6 Å². The highest BCUT2D eigenvalue weighted by Crippen LogP contribution is 2.30. The van der Waals surface area contributed by atoms with Crippen molar-refractivity contribution in [3.8, 4) is 11.3 Å². The molecule has 2 amide bonds. The van der Waals surface area contributed by atoms with Gasteiger partial charge in [-0.05, 0) is 50.6 Å². The molecule has 3 aromatic rings. The Balaban J connectivity index is 1.90. The van der Waals surface area contributed by atoms with Crippen molar-refractivity contribution in [2.75, 3.05) is 12.4 Å². The Morgan fingerprint density at radius 2 is 1.81 bits per heavy atom. The van der Waals surface area contributed by atoms with Crippen molar-refractivity contribution in [3.63, 3.8) is 0 Å². The van der Waals surface area contributed by atoms with Crippen LogP contribution in [0.2, 0.25) is 5.15 Å². The predicted octanol–water partition coefficient (Wildman–Crippen LogP) is 5.42. The number of nitrogens with zero attached hydrogens (tertiary/aromatic N) is 1. The number of hydrogen-bond donors (Lipinski definition) is 4. The lowest BCUT2D eigenvalue weighted by Crippen LogP contribution is -2.36. The van der Waals surface area contributed by atoms with Crippen LogP contribution < -0.4 is 10.6 Å². The number of aromatic nitrogens is 2. The van der Waals surface area contributed by atoms with Gasteiger partial charge in [-0.1, -0.05) is 35.9 Å². The number of H-pyrrole nitrogens is 1. The first-order chi connectivity index (χ1) is 16.9. The Labute approximate surface area is 213 Å². The zero-order valence-electron chi connectivity index (χ0n) is 20.2. The quantitative estimate of drug-likeness (QED) is 0.330. The number of rotatable bonds is 7. The zero-order chi connectivity index (χ0) is 26.5. The molecule has 0 aliphatic rings. The van der Waals surface area contributed by atoms with Gasteiger partial charge in [-0.25, -0.2) is 19.4 Å². The number of carboxylic acids is 1. The lowest BCUT2D eigenvalue weighted by atomic mass is 10.0. The smallest absolute Gasteiger partial charge is 0.411 e. The minimum Gasteiger partial charge on any atom is -0.478 e. The van der Waals surface area contributed by atoms with Crippen molar-refractivity contribution in [1.29, 1.82) is 0 Å². The van der Waals surface area contributed by atoms with E-state index in [0.717, 1.165) is 0 Å². The number of carbonyl (C=O) groups excluding carboxylic acids is 2. The second-order valence-corrected chi connectivity index (χ2v) is 9.26. The molecular weight excluding hydrogens is 488 g/mol. The maximum atomic E-state index is 12.6. The van der Waals surface area contributed by atoms with Crippen molar-refractivity contribution in [2.24, 2.45) is 0 Å². The summed E-state index contributed by atoms with van der Waals surface area (Å²) in [5.74, 6) is -0.694. The van der Waals surface area contributed by atoms with Crippen molar-refractivity contribution in [3.05, 3.63) is 70.6 Å². The minimum absolute atomic E-state index is 0.127. The van der Waals surface area contributed by atoms with Gasteiger partial charge in [-0.2, -0.15) is 0 Å². The molecule has 0 fully saturated rings. The third kappa shape index (κ3) is 7.22. The largest absolute Gasteiger partial charge is 0.478 e. The molecule has 0 aliphatic heterocycles. The summed E-state index contributed by atoms with van der Waals surface area (Å²) in [6.45, 7) is 5.25. The minimum atomic E-state index is -1.05. The van der Waals surface area contributed by atoms with Gasteiger partial charge in [0, 0.05) is 17.7 Å². The van der Waals surface area contributed by atoms with Crippen LogP contribution in [0.15, 0.2) is 48.5 Å². The van der Waals surface area contributed by atoms with E-state index in [4.69, 9.17) is 16.3 Å². The van der Waals surface area contributed by atoms with Crippen LogP contribution in [0.3, 0.4) is 0 Å². The van der Waals surface area contributed by atoms with Crippen LogP contribution in [-0.4, -0.2) is 45.9 Å². The van der Waals surface area contributed by atoms with Crippen molar-refractivity contribution >= 4 is 35.4 Å². The van der Waals surface area contributed by atoms with E-state index in [1.54, 1.807) is 57.2 Å². The molecule has 0 aliphatic carbocycles. The molecule has 0 radical (unpaired) electrons. The molecule has 0 saturated carbocycles. The summed E-state index contributed by atoms with van der Waals surface area (Å²) in [6.07, 6.45) is -1.02. The highest BCUT2D eigenvalue weighted by molar-refractivity contribution is 6.31. The second kappa shape index (κ2) is 11.1. The van der Waals surface area contributed by atoms with E-state index in [1.165, 1.54) is 19.2 Å². The molecule has 10 nitrogen and oxygen atoms in total. The van der Waals surface area contributed by atoms with Gasteiger partial charge in [-0.15, -0.1) is 0 Å². The Morgan fingerprint density at radius 1 is 1.11 bits per heavy atom. The first-order valence-corrected chi connectivity index (χ1v) is 11.4. The molecule has 1 aromatic heterocycles. The fraction of sp³-hybridized carbons (Fsp3) is 0.280. The van der Waals surface area contributed by atoms with Crippen LogP contribution in [0.25, 0.3) is 11.3 Å². The molecule has 1 unspecified atom stereocenters. The first-order valence-electron chi connectivity index (χ1n) is 11.0. The summed E-state index contributed by atoms with van der Waals surface area (Å²) >= 11 is 6.45. The molecule has 1 atom stereocenters. The Hall–Kier alpha value is -4.05. The van der Waals surface area contributed by atoms with E-state index >= 15 is 0 Å². The van der Waals surface area contributed by atoms with E-state index < -0.39 is 29.8 Å². The number of nitrogens with one attached hydrogen (secondary N) is 3. The number of aromatic carboxylic acids is 1. The molecular formula is C25H27ClN4O6. The van der Waals surface area contributed by atoms with Gasteiger partial charge in [0.15, 0.2) is 0 Å². The normalized spacial score (nSPS) is 11.9. The first kappa shape index (κ1) is 26.6. The molecule has 36 heavy (non-hydrogen) atoms. The molecule has 1 heterocycles. The fourth-order valence-corrected chi connectivity index (χ4v) is 3.59. The zero-order valence-corrected chi connectivity index (χ0v) is 21.0. The topological polar surface area (TPSA) is 143 Å². The van der Waals surface area contributed by atoms with Crippen LogP contribution in [0, 0.1) is 0 Å². The number of benzene rings is 2. The van der Waals surface area contributed by atoms with Gasteiger partial charge in [0.25, 0.3) is 0 Å². The molecule has 0 spiro atoms. The number of hydrogen-bond acceptors (Lipinski definition) is 6. The lowest BCUT2D eigenvalue weighted by molar-refractivity contribution is 0.0500. The number of imidazole rings is 1. The monoisotopic (exact) mass is 514 g/mol. The van der Waals surface area contributed by atoms with Gasteiger partial charge in [0.2, 0.25) is 0 Å². The number of amides is 2. The standard InChI is InChI=1S/C25H27ClN4O6/c1-25(2,3)36-24(34)28-18(13-14-6-5-7-16(12-14)22(31)32)21-29-19(20(26)30-21)15-8-10-17(11-9-15)27-23(33)35-4/h5-12,18H,13H2,1-4H3,(H,27,33)(H,28,34)(H,29,30)(H,31,32). The molecule has 4 N–H and O–H groups in total. The van der Waals surface area contributed by atoms with E-state index in [9.17, 15) is 19.5 Å². The number of ether oxygens (including phenoxy) is 2. The molecule has 190 valence electrons. The van der Waals surface area contributed by atoms with Crippen molar-refractivity contribution < 1.29 is 29.0 Å². The molecule has 2 aromatic carbocycles. The Morgan fingerprint density at radius 3 is 2.42 bits per heavy atom. The van der Waals surface area contributed by atoms with Gasteiger partial charge in [-0.3, -0.25) is 5.32 Å². The highest BCUT2D eigenvalue weighted by Gasteiger charge is 2.25. The molecule has 0 saturated heterocycles. The number of halogens is 1. The summed E-state index contributed by atoms with van der Waals surface area (Å²) in [7, 11) is 1.27. The van der Waals surface area contributed by atoms with Crippen LogP contribution >= 0.6 is 11.6 Å². The SMILES string of the molecule is COC(=O)Nc1ccc(-c2nc(C(Cc3cccc(C(=O)O)c3)NC(=O)OC(C)(C)C)[nH]c2Cl)cc1. The number of methoxy groups -OCH3 is 1. The third-order valence-corrected chi connectivity index (χ3v) is 5.18. The average molecular weight is 515 g/mol. The lowest BCUT2D eigenvalue weighted by Gasteiger charge is -2.23. The average Bonchev–Trinajstić information content (AvgIpc) is 3.19. The van der Waals surface area contributed by atoms with Crippen LogP contribution in [0.5, 0.6) is 0 Å². The van der Waals surface area contributed by atoms with E-state index in [1.807, 2.05) is 0 Å². The number of aromatic amines is 1. The van der Waals surface area contributed by atoms with E-state index in [2.05, 4.69) is 25.3 Å². The number of anilines is 1. The van der Waals surface area contributed by atoms with Gasteiger partial charge in [0.05, 0.1) is 18.7 Å². The Bertz CT molecular complexity index is 1250. The summed E-state index contributed by atoms with van der Waals surface area (Å²) in [6, 6.07) is 12.5. The number of carboxylic acid groups (broad SMARTS) is 1. The van der Waals surface area contributed by atoms with Crippen molar-refractivity contribution in [1.82, 2.24) is 15.3 Å². The predicted molar refractivity (Wildman–Crippen MR) is 134 cm³/mol. The van der Waals surface area contributed by atoms with Crippen LogP contribution in [0.4, 0.5) is 15.3 Å². The van der Waals surface area contributed by atoms with Crippen molar-refractivity contribution in [2.45, 2.75) is 38.8 Å². The maximum absolute atomic E-state index is 12.6. The summed E-state index contributed by atoms with van der Waals surface area (Å²) in [4.78, 5) is 43.0. The van der Waals surface area contributed by atoms with Crippen LogP contribution in [-0.2, 0) is 15.9 Å². The second-order valence-electron chi connectivity index (χ2n) is 8.89. The van der Waals surface area contributed by atoms with Gasteiger partial charge >= 0.3 is 18.2 Å². The van der Waals surface area contributed by atoms with E-state index in [0.29, 0.717) is 28.3 Å². The number of alkyl carbamates (subject to hydrolysis) is 1. The van der Waals surface area contributed by atoms with E-state index in [-0.39, 0.29) is 17.1 Å².